The van der Waals surface area contributed by atoms with Crippen molar-refractivity contribution in [3.63, 3.8) is 0 Å². The molecule has 34 heavy (non-hydrogen) atoms. The highest BCUT2D eigenvalue weighted by Crippen LogP contribution is 2.67. The van der Waals surface area contributed by atoms with Crippen LogP contribution in [0.25, 0.3) is 0 Å². The minimum Gasteiger partial charge on any atom is -0.295 e. The Kier molecular flexibility index (Phi) is 5.39. The van der Waals surface area contributed by atoms with Crippen molar-refractivity contribution in [1.82, 2.24) is 0 Å². The van der Waals surface area contributed by atoms with Crippen molar-refractivity contribution in [2.75, 3.05) is 0 Å². The smallest absolute Gasteiger partial charge is 0.286 e. The van der Waals surface area contributed by atoms with Gasteiger partial charge < -0.3 is 0 Å². The van der Waals surface area contributed by atoms with E-state index in [0.29, 0.717) is 24.8 Å². The second-order valence-corrected chi connectivity index (χ2v) is 10.7. The molecule has 2 fully saturated rings. The molecule has 1 aromatic rings. The first kappa shape index (κ1) is 22.8. The lowest BCUT2D eigenvalue weighted by Gasteiger charge is -2.52. The lowest BCUT2D eigenvalue weighted by Crippen LogP contribution is -2.54. The van der Waals surface area contributed by atoms with Crippen LogP contribution in [-0.4, -0.2) is 22.0 Å². The van der Waals surface area contributed by atoms with Gasteiger partial charge in [-0.2, -0.15) is 0 Å². The van der Waals surface area contributed by atoms with Gasteiger partial charge in [0.25, 0.3) is 5.54 Å². The third kappa shape index (κ3) is 3.15. The molecule has 0 heterocycles. The highest BCUT2D eigenvalue weighted by Gasteiger charge is 2.69. The molecule has 0 aliphatic heterocycles. The summed E-state index contributed by atoms with van der Waals surface area (Å²) in [7, 11) is 0. The molecule has 0 spiro atoms. The molecule has 1 aromatic carbocycles. The Morgan fingerprint density at radius 3 is 2.53 bits per heavy atom. The minimum absolute atomic E-state index is 0.0234. The molecular formula is C29H31NO4. The zero-order valence-corrected chi connectivity index (χ0v) is 20.1. The Hall–Kier alpha value is -3.00. The predicted molar refractivity (Wildman–Crippen MR) is 130 cm³/mol. The van der Waals surface area contributed by atoms with E-state index in [1.807, 2.05) is 30.3 Å². The van der Waals surface area contributed by atoms with Gasteiger partial charge in [0, 0.05) is 29.2 Å². The Morgan fingerprint density at radius 1 is 1.15 bits per heavy atom. The third-order valence-corrected chi connectivity index (χ3v) is 9.25. The Labute approximate surface area is 200 Å². The number of ketones is 2. The number of nitrogens with zero attached hydrogens (tertiary/aromatic N) is 1. The first-order valence-corrected chi connectivity index (χ1v) is 12.4. The summed E-state index contributed by atoms with van der Waals surface area (Å²) in [5, 5.41) is 12.6. The molecule has 0 unspecified atom stereocenters. The van der Waals surface area contributed by atoms with Crippen LogP contribution in [-0.2, 0) is 4.79 Å². The molecule has 0 N–H and O–H groups in total. The zero-order valence-electron chi connectivity index (χ0n) is 20.1. The summed E-state index contributed by atoms with van der Waals surface area (Å²) in [5.41, 5.74) is 3.86. The standard InChI is InChI=1S/C29H31NO4/c1-4-14-29(30(33)34)15-13-26-24-11-9-21-16-22(32)10-12-23(21)27(24)25(17-28(26,29)3)20-7-5-19(6-8-20)18(2)31/h5-8,16,24-26H,9-13,15,17H2,1-3H3/t24-,25+,26-,28-,29-/m0/s1. The molecule has 5 atom stereocenters. The molecular weight excluding hydrogens is 426 g/mol. The van der Waals surface area contributed by atoms with Crippen molar-refractivity contribution in [2.24, 2.45) is 17.3 Å². The van der Waals surface area contributed by atoms with E-state index in [4.69, 9.17) is 0 Å². The molecule has 5 rings (SSSR count). The number of nitro groups is 1. The minimum atomic E-state index is -1.24. The predicted octanol–water partition coefficient (Wildman–Crippen LogP) is 5.83. The monoisotopic (exact) mass is 457 g/mol. The largest absolute Gasteiger partial charge is 0.295 e. The number of carbonyl (C=O) groups excluding carboxylic acids is 2. The molecule has 0 aromatic heterocycles. The van der Waals surface area contributed by atoms with E-state index in [0.717, 1.165) is 31.2 Å². The normalized spacial score (nSPS) is 34.3. The van der Waals surface area contributed by atoms with Crippen molar-refractivity contribution in [3.05, 3.63) is 68.3 Å². The van der Waals surface area contributed by atoms with Crippen molar-refractivity contribution >= 4 is 11.6 Å². The topological polar surface area (TPSA) is 77.3 Å². The van der Waals surface area contributed by atoms with Crippen LogP contribution in [0.3, 0.4) is 0 Å². The maximum absolute atomic E-state index is 12.6. The molecule has 4 aliphatic carbocycles. The molecule has 0 bridgehead atoms. The lowest BCUT2D eigenvalue weighted by molar-refractivity contribution is -0.571. The summed E-state index contributed by atoms with van der Waals surface area (Å²) in [4.78, 5) is 36.5. The summed E-state index contributed by atoms with van der Waals surface area (Å²) in [6.45, 7) is 5.37. The van der Waals surface area contributed by atoms with E-state index in [2.05, 4.69) is 18.8 Å². The number of fused-ring (bicyclic) bond motifs is 4. The molecule has 5 nitrogen and oxygen atoms in total. The summed E-state index contributed by atoms with van der Waals surface area (Å²) in [5.74, 6) is 6.70. The number of Topliss-reactive ketones (excluding diaryl/α,β-unsaturated/α-hetero) is 1. The van der Waals surface area contributed by atoms with Crippen molar-refractivity contribution < 1.29 is 14.5 Å². The molecule has 2 saturated carbocycles. The fraction of sp³-hybridized carbons (Fsp3) is 0.517. The number of benzene rings is 1. The van der Waals surface area contributed by atoms with E-state index < -0.39 is 11.0 Å². The summed E-state index contributed by atoms with van der Waals surface area (Å²) < 4.78 is 0. The molecule has 5 heteroatoms. The van der Waals surface area contributed by atoms with E-state index in [1.165, 1.54) is 16.7 Å². The van der Waals surface area contributed by atoms with Crippen LogP contribution in [0.15, 0.2) is 47.1 Å². The molecule has 176 valence electrons. The fourth-order valence-electron chi connectivity index (χ4n) is 7.67. The second-order valence-electron chi connectivity index (χ2n) is 10.7. The number of hydrogen-bond donors (Lipinski definition) is 0. The van der Waals surface area contributed by atoms with Crippen molar-refractivity contribution in [3.8, 4) is 11.8 Å². The summed E-state index contributed by atoms with van der Waals surface area (Å²) in [6, 6.07) is 7.79. The van der Waals surface area contributed by atoms with Gasteiger partial charge in [-0.05, 0) is 86.5 Å². The highest BCUT2D eigenvalue weighted by molar-refractivity contribution is 5.94. The van der Waals surface area contributed by atoms with Gasteiger partial charge in [0.2, 0.25) is 0 Å². The highest BCUT2D eigenvalue weighted by atomic mass is 16.6. The van der Waals surface area contributed by atoms with Crippen LogP contribution in [0.2, 0.25) is 0 Å². The molecule has 0 radical (unpaired) electrons. The van der Waals surface area contributed by atoms with Crippen LogP contribution >= 0.6 is 0 Å². The van der Waals surface area contributed by atoms with Gasteiger partial charge in [-0.1, -0.05) is 42.7 Å². The SMILES string of the molecule is CC#C[C@]1([N+](=O)[O-])CC[C@H]2[C@@H]3CCC4=CC(=O)CCC4=C3[C@@H](c3ccc(C(C)=O)cc3)C[C@@]21C. The number of allylic oxidation sites excluding steroid dienone is 4. The Bertz CT molecular complexity index is 1210. The van der Waals surface area contributed by atoms with Crippen molar-refractivity contribution in [2.45, 2.75) is 77.2 Å². The zero-order chi connectivity index (χ0) is 24.3. The number of carbonyl (C=O) groups is 2. The van der Waals surface area contributed by atoms with Crippen LogP contribution in [0.1, 0.15) is 87.6 Å². The lowest BCUT2D eigenvalue weighted by atomic mass is 9.50. The Morgan fingerprint density at radius 2 is 1.88 bits per heavy atom. The van der Waals surface area contributed by atoms with Crippen LogP contribution in [0.4, 0.5) is 0 Å². The average Bonchev–Trinajstić information content (AvgIpc) is 3.11. The van der Waals surface area contributed by atoms with Gasteiger partial charge >= 0.3 is 0 Å². The van der Waals surface area contributed by atoms with Crippen LogP contribution in [0.5, 0.6) is 0 Å². The van der Waals surface area contributed by atoms with Crippen molar-refractivity contribution in [1.29, 1.82) is 0 Å². The van der Waals surface area contributed by atoms with E-state index in [9.17, 15) is 19.7 Å². The molecule has 0 amide bonds. The Balaban J connectivity index is 1.70. The van der Waals surface area contributed by atoms with Gasteiger partial charge in [0.15, 0.2) is 11.6 Å². The summed E-state index contributed by atoms with van der Waals surface area (Å²) >= 11 is 0. The van der Waals surface area contributed by atoms with Gasteiger partial charge in [-0.25, -0.2) is 0 Å². The van der Waals surface area contributed by atoms with Crippen LogP contribution in [0, 0.1) is 39.2 Å². The quantitative estimate of drug-likeness (QED) is 0.248. The van der Waals surface area contributed by atoms with Gasteiger partial charge in [0.1, 0.15) is 0 Å². The van der Waals surface area contributed by atoms with Gasteiger partial charge in [-0.15, -0.1) is 0 Å². The maximum atomic E-state index is 12.6. The molecule has 0 saturated heterocycles. The molecule has 4 aliphatic rings. The van der Waals surface area contributed by atoms with E-state index in [-0.39, 0.29) is 34.2 Å². The summed E-state index contributed by atoms with van der Waals surface area (Å²) in [6.07, 6.45) is 6.87. The number of rotatable bonds is 3. The van der Waals surface area contributed by atoms with E-state index >= 15 is 0 Å². The number of hydrogen-bond acceptors (Lipinski definition) is 4. The average molecular weight is 458 g/mol. The van der Waals surface area contributed by atoms with Gasteiger partial charge in [-0.3, -0.25) is 19.7 Å². The second kappa shape index (κ2) is 8.05. The van der Waals surface area contributed by atoms with Gasteiger partial charge in [0.05, 0.1) is 5.41 Å². The fourth-order valence-corrected chi connectivity index (χ4v) is 7.67. The first-order chi connectivity index (χ1) is 16.2. The van der Waals surface area contributed by atoms with Crippen LogP contribution < -0.4 is 0 Å². The third-order valence-electron chi connectivity index (χ3n) is 9.25. The first-order valence-electron chi connectivity index (χ1n) is 12.4. The maximum Gasteiger partial charge on any atom is 0.286 e. The van der Waals surface area contributed by atoms with E-state index in [1.54, 1.807) is 13.8 Å².